The number of hydrogen-bond donors (Lipinski definition) is 1. The van der Waals surface area contributed by atoms with E-state index in [1.807, 2.05) is 30.3 Å². The van der Waals surface area contributed by atoms with Gasteiger partial charge in [0, 0.05) is 12.6 Å². The van der Waals surface area contributed by atoms with Crippen molar-refractivity contribution in [3.8, 4) is 0 Å². The maximum Gasteiger partial charge on any atom is 0.393 e. The quantitative estimate of drug-likeness (QED) is 0.779. The van der Waals surface area contributed by atoms with Crippen LogP contribution in [0.4, 0.5) is 13.2 Å². The van der Waals surface area contributed by atoms with Gasteiger partial charge in [0.05, 0.1) is 5.92 Å². The summed E-state index contributed by atoms with van der Waals surface area (Å²) < 4.78 is 37.3. The lowest BCUT2D eigenvalue weighted by molar-refractivity contribution is -0.179. The molecule has 1 aromatic rings. The van der Waals surface area contributed by atoms with E-state index in [-0.39, 0.29) is 19.0 Å². The molecule has 0 spiro atoms. The molecule has 88 valence electrons. The molecule has 2 atom stereocenters. The lowest BCUT2D eigenvalue weighted by atomic mass is 9.91. The average molecular weight is 229 g/mol. The molecule has 0 radical (unpaired) electrons. The van der Waals surface area contributed by atoms with Crippen molar-refractivity contribution < 1.29 is 13.2 Å². The van der Waals surface area contributed by atoms with Crippen LogP contribution in [0.2, 0.25) is 0 Å². The van der Waals surface area contributed by atoms with Crippen LogP contribution in [0.15, 0.2) is 30.3 Å². The fourth-order valence-corrected chi connectivity index (χ4v) is 2.11. The summed E-state index contributed by atoms with van der Waals surface area (Å²) in [6.45, 7) is 0.0308. The van der Waals surface area contributed by atoms with Crippen LogP contribution in [0.5, 0.6) is 0 Å². The summed E-state index contributed by atoms with van der Waals surface area (Å²) in [6, 6.07) is 9.70. The lowest BCUT2D eigenvalue weighted by Crippen LogP contribution is -2.40. The molecule has 2 unspecified atom stereocenters. The van der Waals surface area contributed by atoms with E-state index in [9.17, 15) is 13.2 Å². The van der Waals surface area contributed by atoms with Crippen LogP contribution in [-0.4, -0.2) is 12.7 Å². The molecule has 1 N–H and O–H groups in total. The third-order valence-corrected chi connectivity index (χ3v) is 3.08. The molecular formula is C12H14F3N. The second-order valence-corrected chi connectivity index (χ2v) is 4.19. The van der Waals surface area contributed by atoms with Gasteiger partial charge in [-0.15, -0.1) is 0 Å². The Hall–Kier alpha value is -1.03. The Morgan fingerprint density at radius 1 is 1.06 bits per heavy atom. The van der Waals surface area contributed by atoms with Crippen LogP contribution in [0.1, 0.15) is 24.4 Å². The molecule has 0 bridgehead atoms. The summed E-state index contributed by atoms with van der Waals surface area (Å²) >= 11 is 0. The zero-order chi connectivity index (χ0) is 11.6. The number of halogens is 3. The minimum absolute atomic E-state index is 0.0308. The Morgan fingerprint density at radius 2 is 1.75 bits per heavy atom. The minimum Gasteiger partial charge on any atom is -0.309 e. The van der Waals surface area contributed by atoms with E-state index >= 15 is 0 Å². The first-order chi connectivity index (χ1) is 7.57. The van der Waals surface area contributed by atoms with E-state index in [1.54, 1.807) is 0 Å². The fraction of sp³-hybridized carbons (Fsp3) is 0.500. The highest BCUT2D eigenvalue weighted by Crippen LogP contribution is 2.35. The second kappa shape index (κ2) is 4.45. The molecule has 0 aliphatic carbocycles. The monoisotopic (exact) mass is 229 g/mol. The van der Waals surface area contributed by atoms with Gasteiger partial charge in [-0.25, -0.2) is 0 Å². The summed E-state index contributed by atoms with van der Waals surface area (Å²) in [5.41, 5.74) is 1.07. The largest absolute Gasteiger partial charge is 0.393 e. The van der Waals surface area contributed by atoms with Crippen molar-refractivity contribution in [2.75, 3.05) is 6.54 Å². The number of nitrogens with one attached hydrogen (secondary N) is 1. The topological polar surface area (TPSA) is 12.0 Å². The molecule has 1 aliphatic heterocycles. The van der Waals surface area contributed by atoms with Gasteiger partial charge >= 0.3 is 6.18 Å². The Balaban J connectivity index is 1.96. The Labute approximate surface area is 92.7 Å². The van der Waals surface area contributed by atoms with Gasteiger partial charge in [0.25, 0.3) is 0 Å². The third kappa shape index (κ3) is 2.55. The van der Waals surface area contributed by atoms with Crippen LogP contribution in [0.3, 0.4) is 0 Å². The molecule has 1 saturated heterocycles. The van der Waals surface area contributed by atoms with E-state index in [1.165, 1.54) is 0 Å². The van der Waals surface area contributed by atoms with Crippen molar-refractivity contribution in [2.45, 2.75) is 25.1 Å². The number of hydrogen-bond acceptors (Lipinski definition) is 1. The molecule has 16 heavy (non-hydrogen) atoms. The summed E-state index contributed by atoms with van der Waals surface area (Å²) in [4.78, 5) is 0. The fourth-order valence-electron chi connectivity index (χ4n) is 2.11. The lowest BCUT2D eigenvalue weighted by Gasteiger charge is -2.31. The summed E-state index contributed by atoms with van der Waals surface area (Å²) in [6.07, 6.45) is -3.29. The predicted molar refractivity (Wildman–Crippen MR) is 56.0 cm³/mol. The third-order valence-electron chi connectivity index (χ3n) is 3.08. The first-order valence-electron chi connectivity index (χ1n) is 5.42. The minimum atomic E-state index is -4.06. The Kier molecular flexibility index (Phi) is 3.19. The highest BCUT2D eigenvalue weighted by molar-refractivity contribution is 5.19. The number of piperidine rings is 1. The van der Waals surface area contributed by atoms with E-state index in [2.05, 4.69) is 5.32 Å². The van der Waals surface area contributed by atoms with Crippen molar-refractivity contribution in [1.29, 1.82) is 0 Å². The molecule has 0 aromatic heterocycles. The molecule has 1 aromatic carbocycles. The van der Waals surface area contributed by atoms with Crippen molar-refractivity contribution in [3.63, 3.8) is 0 Å². The molecule has 1 fully saturated rings. The van der Waals surface area contributed by atoms with Gasteiger partial charge in [0.2, 0.25) is 0 Å². The second-order valence-electron chi connectivity index (χ2n) is 4.19. The summed E-state index contributed by atoms with van der Waals surface area (Å²) in [7, 11) is 0. The number of rotatable bonds is 1. The van der Waals surface area contributed by atoms with Crippen LogP contribution in [0.25, 0.3) is 0 Å². The normalized spacial score (nSPS) is 26.7. The van der Waals surface area contributed by atoms with E-state index in [0.29, 0.717) is 6.42 Å². The van der Waals surface area contributed by atoms with Crippen LogP contribution in [0, 0.1) is 5.92 Å². The van der Waals surface area contributed by atoms with Gasteiger partial charge in [0.15, 0.2) is 0 Å². The first kappa shape index (κ1) is 11.5. The molecule has 1 heterocycles. The smallest absolute Gasteiger partial charge is 0.309 e. The molecule has 1 aliphatic rings. The van der Waals surface area contributed by atoms with E-state index in [4.69, 9.17) is 0 Å². The highest BCUT2D eigenvalue weighted by Gasteiger charge is 2.41. The highest BCUT2D eigenvalue weighted by atomic mass is 19.4. The van der Waals surface area contributed by atoms with Crippen molar-refractivity contribution >= 4 is 0 Å². The van der Waals surface area contributed by atoms with E-state index < -0.39 is 12.1 Å². The van der Waals surface area contributed by atoms with Gasteiger partial charge in [-0.1, -0.05) is 30.3 Å². The number of benzene rings is 1. The molecule has 0 saturated carbocycles. The van der Waals surface area contributed by atoms with Gasteiger partial charge in [-0.05, 0) is 18.4 Å². The maximum atomic E-state index is 12.4. The summed E-state index contributed by atoms with van der Waals surface area (Å²) in [5, 5.41) is 2.97. The molecule has 2 rings (SSSR count). The zero-order valence-electron chi connectivity index (χ0n) is 8.80. The predicted octanol–water partition coefficient (Wildman–Crippen LogP) is 3.29. The number of alkyl halides is 3. The van der Waals surface area contributed by atoms with Crippen molar-refractivity contribution in [3.05, 3.63) is 35.9 Å². The van der Waals surface area contributed by atoms with E-state index in [0.717, 1.165) is 5.56 Å². The molecular weight excluding hydrogens is 215 g/mol. The van der Waals surface area contributed by atoms with Gasteiger partial charge in [0.1, 0.15) is 0 Å². The van der Waals surface area contributed by atoms with Gasteiger partial charge in [-0.3, -0.25) is 0 Å². The average Bonchev–Trinajstić information content (AvgIpc) is 2.29. The van der Waals surface area contributed by atoms with Crippen LogP contribution < -0.4 is 5.32 Å². The van der Waals surface area contributed by atoms with Gasteiger partial charge < -0.3 is 5.32 Å². The van der Waals surface area contributed by atoms with Crippen LogP contribution in [-0.2, 0) is 0 Å². The zero-order valence-corrected chi connectivity index (χ0v) is 8.80. The molecule has 0 amide bonds. The molecule has 1 nitrogen and oxygen atoms in total. The maximum absolute atomic E-state index is 12.4. The van der Waals surface area contributed by atoms with Crippen molar-refractivity contribution in [1.82, 2.24) is 5.32 Å². The standard InChI is InChI=1S/C12H14F3N/c13-12(14,15)10-6-7-11(16-8-10)9-4-2-1-3-5-9/h1-5,10-11,16H,6-8H2. The summed E-state index contributed by atoms with van der Waals surface area (Å²) in [5.74, 6) is -1.19. The van der Waals surface area contributed by atoms with Crippen LogP contribution >= 0.6 is 0 Å². The first-order valence-corrected chi connectivity index (χ1v) is 5.42. The SMILES string of the molecule is FC(F)(F)C1CCC(c2ccccc2)NC1. The Morgan fingerprint density at radius 3 is 2.25 bits per heavy atom. The van der Waals surface area contributed by atoms with Crippen molar-refractivity contribution in [2.24, 2.45) is 5.92 Å². The van der Waals surface area contributed by atoms with Gasteiger partial charge in [-0.2, -0.15) is 13.2 Å². The Bertz CT molecular complexity index is 326. The molecule has 4 heteroatoms.